The van der Waals surface area contributed by atoms with Gasteiger partial charge in [0.2, 0.25) is 15.9 Å². The highest BCUT2D eigenvalue weighted by Gasteiger charge is 2.32. The lowest BCUT2D eigenvalue weighted by atomic mass is 9.97. The molecule has 1 aliphatic rings. The first-order valence-corrected chi connectivity index (χ1v) is 12.4. The van der Waals surface area contributed by atoms with Crippen LogP contribution in [0, 0.1) is 28.8 Å². The molecule has 0 bridgehead atoms. The van der Waals surface area contributed by atoms with Gasteiger partial charge in [0.25, 0.3) is 5.69 Å². The molecule has 1 N–H and O–H groups in total. The number of anilines is 1. The molecule has 2 aromatic carbocycles. The summed E-state index contributed by atoms with van der Waals surface area (Å²) in [6.07, 6.45) is 0.653. The molecule has 1 aromatic heterocycles. The average molecular weight is 502 g/mol. The molecule has 1 amide bonds. The molecular weight excluding hydrogens is 477 g/mol. The second-order valence-electron chi connectivity index (χ2n) is 8.34. The number of benzene rings is 2. The first-order chi connectivity index (χ1) is 16.6. The van der Waals surface area contributed by atoms with Gasteiger partial charge in [-0.25, -0.2) is 12.8 Å². The number of hydrogen-bond acceptors (Lipinski definition) is 6. The van der Waals surface area contributed by atoms with E-state index < -0.39 is 20.9 Å². The Bertz CT molecular complexity index is 1350. The van der Waals surface area contributed by atoms with E-state index in [1.165, 1.54) is 22.5 Å². The summed E-state index contributed by atoms with van der Waals surface area (Å²) >= 11 is 0. The van der Waals surface area contributed by atoms with E-state index >= 15 is 0 Å². The molecule has 0 saturated carbocycles. The highest BCUT2D eigenvalue weighted by molar-refractivity contribution is 7.89. The Morgan fingerprint density at radius 1 is 1.17 bits per heavy atom. The monoisotopic (exact) mass is 501 g/mol. The SMILES string of the molecule is Cc1cc(NC(=O)C2CCN(S(=O)(=O)c3ccc([N+](=O)[O-])cc3)CC2)nn1Cc1ccccc1F. The van der Waals surface area contributed by atoms with Crippen molar-refractivity contribution < 1.29 is 22.5 Å². The predicted octanol–water partition coefficient (Wildman–Crippen LogP) is 3.33. The average Bonchev–Trinajstić information content (AvgIpc) is 3.18. The Morgan fingerprint density at radius 2 is 1.83 bits per heavy atom. The number of piperidine rings is 1. The topological polar surface area (TPSA) is 127 Å². The number of aryl methyl sites for hydroxylation is 1. The van der Waals surface area contributed by atoms with Gasteiger partial charge in [0.15, 0.2) is 5.82 Å². The summed E-state index contributed by atoms with van der Waals surface area (Å²) in [5.74, 6) is -0.628. The normalized spacial score (nSPS) is 15.1. The number of carbonyl (C=O) groups excluding carboxylic acids is 1. The van der Waals surface area contributed by atoms with Gasteiger partial charge in [0.05, 0.1) is 16.4 Å². The number of carbonyl (C=O) groups is 1. The highest BCUT2D eigenvalue weighted by atomic mass is 32.2. The maximum absolute atomic E-state index is 14.0. The van der Waals surface area contributed by atoms with Crippen LogP contribution in [0.15, 0.2) is 59.5 Å². The molecule has 0 spiro atoms. The lowest BCUT2D eigenvalue weighted by Gasteiger charge is -2.30. The van der Waals surface area contributed by atoms with E-state index in [0.29, 0.717) is 24.2 Å². The third-order valence-electron chi connectivity index (χ3n) is 6.02. The highest BCUT2D eigenvalue weighted by Crippen LogP contribution is 2.26. The van der Waals surface area contributed by atoms with Gasteiger partial charge in [-0.05, 0) is 38.0 Å². The quantitative estimate of drug-likeness (QED) is 0.391. The molecule has 1 aliphatic heterocycles. The summed E-state index contributed by atoms with van der Waals surface area (Å²) in [6.45, 7) is 2.34. The number of non-ortho nitro benzene ring substituents is 1. The van der Waals surface area contributed by atoms with Crippen molar-refractivity contribution in [1.29, 1.82) is 0 Å². The van der Waals surface area contributed by atoms with Gasteiger partial charge in [-0.1, -0.05) is 18.2 Å². The zero-order valence-corrected chi connectivity index (χ0v) is 19.7. The third kappa shape index (κ3) is 5.38. The molecule has 0 unspecified atom stereocenters. The Balaban J connectivity index is 1.35. The summed E-state index contributed by atoms with van der Waals surface area (Å²) in [6, 6.07) is 12.8. The van der Waals surface area contributed by atoms with E-state index in [1.807, 2.05) is 6.92 Å². The standard InChI is InChI=1S/C23H24FN5O5S/c1-16-14-22(26-28(16)15-18-4-2-3-5-21(18)24)25-23(30)17-10-12-27(13-11-17)35(33,34)20-8-6-19(7-9-20)29(31)32/h2-9,14,17H,10-13,15H2,1H3,(H,25,26,30). The Hall–Kier alpha value is -3.64. The van der Waals surface area contributed by atoms with Crippen molar-refractivity contribution in [2.75, 3.05) is 18.4 Å². The number of rotatable bonds is 7. The third-order valence-corrected chi connectivity index (χ3v) is 7.93. The van der Waals surface area contributed by atoms with Crippen LogP contribution in [0.4, 0.5) is 15.9 Å². The van der Waals surface area contributed by atoms with Crippen LogP contribution in [0.1, 0.15) is 24.1 Å². The van der Waals surface area contributed by atoms with Gasteiger partial charge >= 0.3 is 0 Å². The lowest BCUT2D eigenvalue weighted by Crippen LogP contribution is -2.41. The molecule has 184 valence electrons. The number of nitro groups is 1. The minimum Gasteiger partial charge on any atom is -0.309 e. The molecule has 10 nitrogen and oxygen atoms in total. The Morgan fingerprint density at radius 3 is 2.46 bits per heavy atom. The maximum atomic E-state index is 14.0. The van der Waals surface area contributed by atoms with Crippen LogP contribution in [-0.4, -0.2) is 46.4 Å². The van der Waals surface area contributed by atoms with Gasteiger partial charge in [-0.2, -0.15) is 9.40 Å². The number of halogens is 1. The largest absolute Gasteiger partial charge is 0.309 e. The van der Waals surface area contributed by atoms with Crippen LogP contribution in [0.3, 0.4) is 0 Å². The summed E-state index contributed by atoms with van der Waals surface area (Å²) in [5, 5.41) is 17.9. The molecule has 3 aromatic rings. The van der Waals surface area contributed by atoms with E-state index in [9.17, 15) is 27.7 Å². The number of aromatic nitrogens is 2. The molecule has 0 aliphatic carbocycles. The maximum Gasteiger partial charge on any atom is 0.269 e. The molecular formula is C23H24FN5O5S. The molecule has 35 heavy (non-hydrogen) atoms. The fourth-order valence-corrected chi connectivity index (χ4v) is 5.46. The molecule has 1 saturated heterocycles. The molecule has 12 heteroatoms. The molecule has 0 radical (unpaired) electrons. The molecule has 4 rings (SSSR count). The predicted molar refractivity (Wildman–Crippen MR) is 126 cm³/mol. The number of hydrogen-bond donors (Lipinski definition) is 1. The number of sulfonamides is 1. The van der Waals surface area contributed by atoms with Crippen LogP contribution >= 0.6 is 0 Å². The van der Waals surface area contributed by atoms with Crippen LogP contribution < -0.4 is 5.32 Å². The van der Waals surface area contributed by atoms with Gasteiger partial charge in [0, 0.05) is 48.5 Å². The van der Waals surface area contributed by atoms with E-state index in [-0.39, 0.29) is 41.9 Å². The molecule has 2 heterocycles. The summed E-state index contributed by atoms with van der Waals surface area (Å²) in [4.78, 5) is 23.0. The van der Waals surface area contributed by atoms with E-state index in [2.05, 4.69) is 10.4 Å². The van der Waals surface area contributed by atoms with Gasteiger partial charge < -0.3 is 5.32 Å². The smallest absolute Gasteiger partial charge is 0.269 e. The van der Waals surface area contributed by atoms with Crippen LogP contribution in [0.5, 0.6) is 0 Å². The number of nitrogens with one attached hydrogen (secondary N) is 1. The fourth-order valence-electron chi connectivity index (χ4n) is 3.99. The summed E-state index contributed by atoms with van der Waals surface area (Å²) < 4.78 is 42.6. The number of amides is 1. The number of nitrogens with zero attached hydrogens (tertiary/aromatic N) is 4. The first-order valence-electron chi connectivity index (χ1n) is 11.0. The van der Waals surface area contributed by atoms with Crippen molar-refractivity contribution in [2.45, 2.75) is 31.2 Å². The first kappa shape index (κ1) is 24.5. The van der Waals surface area contributed by atoms with Crippen LogP contribution in [0.25, 0.3) is 0 Å². The van der Waals surface area contributed by atoms with Gasteiger partial charge in [-0.15, -0.1) is 0 Å². The van der Waals surface area contributed by atoms with Crippen molar-refractivity contribution >= 4 is 27.4 Å². The Kier molecular flexibility index (Phi) is 6.94. The van der Waals surface area contributed by atoms with Crippen molar-refractivity contribution in [1.82, 2.24) is 14.1 Å². The zero-order chi connectivity index (χ0) is 25.2. The summed E-state index contributed by atoms with van der Waals surface area (Å²) in [7, 11) is -3.82. The summed E-state index contributed by atoms with van der Waals surface area (Å²) in [5.41, 5.74) is 1.05. The van der Waals surface area contributed by atoms with Crippen molar-refractivity contribution in [3.8, 4) is 0 Å². The molecule has 1 fully saturated rings. The second kappa shape index (κ2) is 9.92. The van der Waals surface area contributed by atoms with Gasteiger partial charge in [-0.3, -0.25) is 19.6 Å². The van der Waals surface area contributed by atoms with Crippen molar-refractivity contribution in [3.05, 3.63) is 81.8 Å². The van der Waals surface area contributed by atoms with E-state index in [4.69, 9.17) is 0 Å². The lowest BCUT2D eigenvalue weighted by molar-refractivity contribution is -0.384. The minimum absolute atomic E-state index is 0.0260. The van der Waals surface area contributed by atoms with E-state index in [0.717, 1.165) is 17.8 Å². The fraction of sp³-hybridized carbons (Fsp3) is 0.304. The van der Waals surface area contributed by atoms with E-state index in [1.54, 1.807) is 28.9 Å². The van der Waals surface area contributed by atoms with Crippen molar-refractivity contribution in [2.24, 2.45) is 5.92 Å². The number of nitro benzene ring substituents is 1. The minimum atomic E-state index is -3.82. The zero-order valence-electron chi connectivity index (χ0n) is 18.9. The Labute approximate surface area is 201 Å². The van der Waals surface area contributed by atoms with Crippen molar-refractivity contribution in [3.63, 3.8) is 0 Å². The van der Waals surface area contributed by atoms with Crippen LogP contribution in [0.2, 0.25) is 0 Å². The van der Waals surface area contributed by atoms with Crippen LogP contribution in [-0.2, 0) is 21.4 Å². The second-order valence-corrected chi connectivity index (χ2v) is 10.3. The molecule has 0 atom stereocenters. The van der Waals surface area contributed by atoms with Gasteiger partial charge in [0.1, 0.15) is 5.82 Å².